The van der Waals surface area contributed by atoms with Crippen molar-refractivity contribution in [3.63, 3.8) is 0 Å². The van der Waals surface area contributed by atoms with Gasteiger partial charge in [0.05, 0.1) is 18.3 Å². The van der Waals surface area contributed by atoms with E-state index in [1.54, 1.807) is 27.0 Å². The first-order chi connectivity index (χ1) is 17.5. The number of aromatic hydroxyl groups is 1. The Bertz CT molecular complexity index is 1360. The summed E-state index contributed by atoms with van der Waals surface area (Å²) >= 11 is 0. The van der Waals surface area contributed by atoms with E-state index in [1.807, 2.05) is 19.1 Å². The van der Waals surface area contributed by atoms with Gasteiger partial charge in [0.2, 0.25) is 0 Å². The number of fused-ring (bicyclic) bond motifs is 1. The number of carbonyl (C=O) groups excluding carboxylic acids is 2. The van der Waals surface area contributed by atoms with Crippen molar-refractivity contribution in [1.82, 2.24) is 30.0 Å². The zero-order chi connectivity index (χ0) is 26.8. The normalized spacial score (nSPS) is 15.0. The molecule has 0 radical (unpaired) electrons. The summed E-state index contributed by atoms with van der Waals surface area (Å²) in [5.41, 5.74) is -0.258. The fourth-order valence-electron chi connectivity index (χ4n) is 4.88. The SMILES string of the molecule is Cc1cn(C2(Cn3cc(O)c(=O)c(C(=O)NCCNC(=O)OC(C)(C)C)n3)CCCC2)c2ncccc12. The third-order valence-electron chi connectivity index (χ3n) is 6.51. The Labute approximate surface area is 214 Å². The van der Waals surface area contributed by atoms with Crippen molar-refractivity contribution >= 4 is 23.0 Å². The number of alkyl carbamates (subject to hydrolysis) is 1. The molecule has 0 atom stereocenters. The molecule has 0 unspecified atom stereocenters. The predicted molar refractivity (Wildman–Crippen MR) is 138 cm³/mol. The van der Waals surface area contributed by atoms with Gasteiger partial charge in [0.15, 0.2) is 11.4 Å². The smallest absolute Gasteiger partial charge is 0.407 e. The van der Waals surface area contributed by atoms with Crippen molar-refractivity contribution in [2.45, 2.75) is 71.1 Å². The van der Waals surface area contributed by atoms with Crippen LogP contribution in [-0.2, 0) is 16.8 Å². The second kappa shape index (κ2) is 10.2. The van der Waals surface area contributed by atoms with E-state index in [0.29, 0.717) is 6.54 Å². The molecule has 198 valence electrons. The van der Waals surface area contributed by atoms with E-state index in [-0.39, 0.29) is 18.6 Å². The molecule has 11 nitrogen and oxygen atoms in total. The van der Waals surface area contributed by atoms with Crippen molar-refractivity contribution in [3.05, 3.63) is 52.2 Å². The molecular formula is C26H34N6O5. The molecule has 0 saturated heterocycles. The van der Waals surface area contributed by atoms with Crippen LogP contribution in [-0.4, -0.2) is 55.1 Å². The van der Waals surface area contributed by atoms with Gasteiger partial charge in [-0.25, -0.2) is 9.78 Å². The zero-order valence-corrected chi connectivity index (χ0v) is 21.7. The van der Waals surface area contributed by atoms with Gasteiger partial charge in [0.25, 0.3) is 11.3 Å². The Hall–Kier alpha value is -3.89. The summed E-state index contributed by atoms with van der Waals surface area (Å²) in [7, 11) is 0. The number of ether oxygens (including phenoxy) is 1. The first-order valence-electron chi connectivity index (χ1n) is 12.5. The minimum atomic E-state index is -0.849. The van der Waals surface area contributed by atoms with Crippen LogP contribution in [0.2, 0.25) is 0 Å². The van der Waals surface area contributed by atoms with Crippen LogP contribution < -0.4 is 16.1 Å². The number of hydrogen-bond acceptors (Lipinski definition) is 7. The van der Waals surface area contributed by atoms with Gasteiger partial charge < -0.3 is 25.0 Å². The molecule has 1 aliphatic rings. The maximum Gasteiger partial charge on any atom is 0.407 e. The number of nitrogens with zero attached hydrogens (tertiary/aromatic N) is 4. The van der Waals surface area contributed by atoms with E-state index in [1.165, 1.54) is 10.9 Å². The second-order valence-corrected chi connectivity index (χ2v) is 10.6. The summed E-state index contributed by atoms with van der Waals surface area (Å²) in [4.78, 5) is 41.7. The fraction of sp³-hybridized carbons (Fsp3) is 0.500. The van der Waals surface area contributed by atoms with E-state index in [4.69, 9.17) is 4.74 Å². The Balaban J connectivity index is 1.52. The molecule has 0 aliphatic heterocycles. The molecule has 0 spiro atoms. The Morgan fingerprint density at radius 3 is 2.57 bits per heavy atom. The molecule has 3 aromatic heterocycles. The number of amides is 2. The lowest BCUT2D eigenvalue weighted by molar-refractivity contribution is 0.0526. The van der Waals surface area contributed by atoms with Crippen LogP contribution in [0.4, 0.5) is 4.79 Å². The highest BCUT2D eigenvalue weighted by atomic mass is 16.6. The van der Waals surface area contributed by atoms with Crippen LogP contribution in [0.15, 0.2) is 35.5 Å². The number of aryl methyl sites for hydroxylation is 1. The van der Waals surface area contributed by atoms with Crippen molar-refractivity contribution in [2.24, 2.45) is 0 Å². The highest BCUT2D eigenvalue weighted by Crippen LogP contribution is 2.40. The standard InChI is InChI=1S/C26H34N6O5/c1-17-14-32(22-18(17)8-7-11-27-22)26(9-5-6-10-26)16-31-15-19(33)21(34)20(30-31)23(35)28-12-13-29-24(36)37-25(2,3)4/h7-8,11,14-15,33H,5-6,9-10,12-13,16H2,1-4H3,(H,28,35)(H,29,36). The van der Waals surface area contributed by atoms with E-state index in [0.717, 1.165) is 42.3 Å². The van der Waals surface area contributed by atoms with Gasteiger partial charge in [0, 0.05) is 30.9 Å². The van der Waals surface area contributed by atoms with Crippen LogP contribution in [0.3, 0.4) is 0 Å². The summed E-state index contributed by atoms with van der Waals surface area (Å²) in [6.07, 6.45) is 8.32. The Kier molecular flexibility index (Phi) is 7.24. The van der Waals surface area contributed by atoms with Crippen molar-refractivity contribution < 1.29 is 19.4 Å². The second-order valence-electron chi connectivity index (χ2n) is 10.6. The van der Waals surface area contributed by atoms with Gasteiger partial charge in [-0.3, -0.25) is 14.3 Å². The van der Waals surface area contributed by atoms with Crippen LogP contribution in [0.1, 0.15) is 62.5 Å². The van der Waals surface area contributed by atoms with Crippen molar-refractivity contribution in [3.8, 4) is 5.75 Å². The molecule has 0 bridgehead atoms. The van der Waals surface area contributed by atoms with Crippen LogP contribution in [0.5, 0.6) is 5.75 Å². The number of carbonyl (C=O) groups is 2. The van der Waals surface area contributed by atoms with Crippen molar-refractivity contribution in [2.75, 3.05) is 13.1 Å². The average molecular weight is 511 g/mol. The van der Waals surface area contributed by atoms with Gasteiger partial charge in [-0.05, 0) is 58.2 Å². The molecule has 0 aromatic carbocycles. The summed E-state index contributed by atoms with van der Waals surface area (Å²) < 4.78 is 8.81. The minimum absolute atomic E-state index is 0.0547. The molecule has 3 N–H and O–H groups in total. The molecule has 3 heterocycles. The summed E-state index contributed by atoms with van der Waals surface area (Å²) in [5, 5.41) is 20.8. The Morgan fingerprint density at radius 2 is 1.86 bits per heavy atom. The first kappa shape index (κ1) is 26.2. The Morgan fingerprint density at radius 1 is 1.16 bits per heavy atom. The molecule has 4 rings (SSSR count). The van der Waals surface area contributed by atoms with Gasteiger partial charge in [-0.15, -0.1) is 0 Å². The van der Waals surface area contributed by atoms with Crippen LogP contribution in [0, 0.1) is 6.92 Å². The molecule has 1 fully saturated rings. The van der Waals surface area contributed by atoms with E-state index in [9.17, 15) is 19.5 Å². The van der Waals surface area contributed by atoms with Crippen LogP contribution >= 0.6 is 0 Å². The number of hydrogen-bond donors (Lipinski definition) is 3. The number of nitrogens with one attached hydrogen (secondary N) is 2. The largest absolute Gasteiger partial charge is 0.503 e. The monoisotopic (exact) mass is 510 g/mol. The highest BCUT2D eigenvalue weighted by Gasteiger charge is 2.38. The topological polar surface area (TPSA) is 140 Å². The van der Waals surface area contributed by atoms with Gasteiger partial charge >= 0.3 is 6.09 Å². The average Bonchev–Trinajstić information content (AvgIpc) is 3.43. The van der Waals surface area contributed by atoms with Gasteiger partial charge in [0.1, 0.15) is 11.2 Å². The molecule has 1 saturated carbocycles. The lowest BCUT2D eigenvalue weighted by Gasteiger charge is -2.32. The zero-order valence-electron chi connectivity index (χ0n) is 21.7. The summed E-state index contributed by atoms with van der Waals surface area (Å²) in [6, 6.07) is 3.95. The van der Waals surface area contributed by atoms with E-state index in [2.05, 4.69) is 31.5 Å². The maximum absolute atomic E-state index is 12.8. The third-order valence-corrected chi connectivity index (χ3v) is 6.51. The first-order valence-corrected chi connectivity index (χ1v) is 12.5. The molecule has 11 heteroatoms. The van der Waals surface area contributed by atoms with Gasteiger partial charge in [-0.1, -0.05) is 12.8 Å². The number of rotatable bonds is 7. The highest BCUT2D eigenvalue weighted by molar-refractivity contribution is 5.92. The number of pyridine rings is 1. The molecule has 1 aliphatic carbocycles. The van der Waals surface area contributed by atoms with Crippen molar-refractivity contribution in [1.29, 1.82) is 0 Å². The number of aromatic nitrogens is 4. The summed E-state index contributed by atoms with van der Waals surface area (Å²) in [6.45, 7) is 7.81. The third kappa shape index (κ3) is 5.76. The molecular weight excluding hydrogens is 476 g/mol. The molecule has 2 amide bonds. The van der Waals surface area contributed by atoms with Gasteiger partial charge in [-0.2, -0.15) is 5.10 Å². The summed E-state index contributed by atoms with van der Waals surface area (Å²) in [5.74, 6) is -1.28. The van der Waals surface area contributed by atoms with Crippen LogP contribution in [0.25, 0.3) is 11.0 Å². The predicted octanol–water partition coefficient (Wildman–Crippen LogP) is 2.83. The quantitative estimate of drug-likeness (QED) is 0.415. The molecule has 3 aromatic rings. The maximum atomic E-state index is 12.8. The van der Waals surface area contributed by atoms with E-state index < -0.39 is 34.5 Å². The van der Waals surface area contributed by atoms with E-state index >= 15 is 0 Å². The lowest BCUT2D eigenvalue weighted by Crippen LogP contribution is -2.40. The lowest BCUT2D eigenvalue weighted by atomic mass is 9.97. The molecule has 37 heavy (non-hydrogen) atoms. The minimum Gasteiger partial charge on any atom is -0.503 e. The fourth-order valence-corrected chi connectivity index (χ4v) is 4.88.